The SMILES string of the molecule is O=C(c1cccs1)N1CCC(N2CCOC[C@H](O)C2)CC1. The minimum Gasteiger partial charge on any atom is -0.389 e. The molecule has 3 rings (SSSR count). The third-order valence-corrected chi connectivity index (χ3v) is 5.14. The van der Waals surface area contributed by atoms with Crippen LogP contribution >= 0.6 is 11.3 Å². The first-order chi connectivity index (χ1) is 10.2. The predicted octanol–water partition coefficient (Wildman–Crippen LogP) is 1.05. The topological polar surface area (TPSA) is 53.0 Å². The van der Waals surface area contributed by atoms with E-state index in [-0.39, 0.29) is 5.91 Å². The van der Waals surface area contributed by atoms with Crippen molar-refractivity contribution >= 4 is 17.2 Å². The number of carbonyl (C=O) groups is 1. The van der Waals surface area contributed by atoms with E-state index in [1.54, 1.807) is 0 Å². The molecule has 2 aliphatic rings. The van der Waals surface area contributed by atoms with Gasteiger partial charge in [0, 0.05) is 32.2 Å². The van der Waals surface area contributed by atoms with Gasteiger partial charge in [-0.15, -0.1) is 11.3 Å². The van der Waals surface area contributed by atoms with Crippen molar-refractivity contribution in [3.8, 4) is 0 Å². The first-order valence-electron chi connectivity index (χ1n) is 7.56. The standard InChI is InChI=1S/C15H22N2O3S/c18-13-10-17(7-8-20-11-13)12-3-5-16(6-4-12)15(19)14-2-1-9-21-14/h1-2,9,12-13,18H,3-8,10-11H2/t13-/m1/s1. The molecule has 1 aromatic rings. The van der Waals surface area contributed by atoms with Gasteiger partial charge in [-0.1, -0.05) is 6.07 Å². The molecule has 2 fully saturated rings. The molecule has 0 radical (unpaired) electrons. The first kappa shape index (κ1) is 15.0. The smallest absolute Gasteiger partial charge is 0.263 e. The van der Waals surface area contributed by atoms with Crippen LogP contribution in [-0.4, -0.2) is 72.4 Å². The highest BCUT2D eigenvalue weighted by Crippen LogP contribution is 2.21. The third-order valence-electron chi connectivity index (χ3n) is 4.28. The monoisotopic (exact) mass is 310 g/mol. The lowest BCUT2D eigenvalue weighted by Crippen LogP contribution is -2.48. The van der Waals surface area contributed by atoms with Crippen LogP contribution in [0.25, 0.3) is 0 Å². The summed E-state index contributed by atoms with van der Waals surface area (Å²) >= 11 is 1.51. The average Bonchev–Trinajstić information content (AvgIpc) is 2.96. The molecule has 116 valence electrons. The second kappa shape index (κ2) is 6.87. The van der Waals surface area contributed by atoms with E-state index in [4.69, 9.17) is 4.74 Å². The maximum absolute atomic E-state index is 12.3. The molecule has 6 heteroatoms. The Bertz CT molecular complexity index is 457. The molecule has 1 atom stereocenters. The van der Waals surface area contributed by atoms with Gasteiger partial charge in [-0.05, 0) is 24.3 Å². The summed E-state index contributed by atoms with van der Waals surface area (Å²) in [5.74, 6) is 0.155. The molecule has 21 heavy (non-hydrogen) atoms. The van der Waals surface area contributed by atoms with Crippen LogP contribution in [0, 0.1) is 0 Å². The zero-order valence-corrected chi connectivity index (χ0v) is 12.9. The Labute approximate surface area is 129 Å². The molecule has 0 bridgehead atoms. The molecular weight excluding hydrogens is 288 g/mol. The highest BCUT2D eigenvalue weighted by molar-refractivity contribution is 7.12. The van der Waals surface area contributed by atoms with Crippen LogP contribution in [0.2, 0.25) is 0 Å². The number of carbonyl (C=O) groups excluding carboxylic acids is 1. The van der Waals surface area contributed by atoms with Crippen molar-refractivity contribution < 1.29 is 14.6 Å². The number of aliphatic hydroxyl groups excluding tert-OH is 1. The van der Waals surface area contributed by atoms with Crippen molar-refractivity contribution in [2.24, 2.45) is 0 Å². The van der Waals surface area contributed by atoms with Crippen molar-refractivity contribution in [3.63, 3.8) is 0 Å². The summed E-state index contributed by atoms with van der Waals surface area (Å²) in [6, 6.07) is 4.26. The van der Waals surface area contributed by atoms with Gasteiger partial charge >= 0.3 is 0 Å². The van der Waals surface area contributed by atoms with E-state index in [0.29, 0.717) is 25.8 Å². The van der Waals surface area contributed by atoms with E-state index in [2.05, 4.69) is 4.90 Å². The van der Waals surface area contributed by atoms with Crippen molar-refractivity contribution in [1.29, 1.82) is 0 Å². The van der Waals surface area contributed by atoms with E-state index < -0.39 is 6.10 Å². The Hall–Kier alpha value is -0.950. The maximum atomic E-state index is 12.3. The number of aliphatic hydroxyl groups is 1. The van der Waals surface area contributed by atoms with Crippen LogP contribution in [-0.2, 0) is 4.74 Å². The number of ether oxygens (including phenoxy) is 1. The minimum absolute atomic E-state index is 0.155. The second-order valence-corrected chi connectivity index (χ2v) is 6.67. The van der Waals surface area contributed by atoms with Gasteiger partial charge in [-0.3, -0.25) is 9.69 Å². The molecule has 0 unspecified atom stereocenters. The van der Waals surface area contributed by atoms with E-state index in [9.17, 15) is 9.90 Å². The van der Waals surface area contributed by atoms with E-state index in [0.717, 1.165) is 37.4 Å². The molecule has 2 saturated heterocycles. The zero-order chi connectivity index (χ0) is 14.7. The summed E-state index contributed by atoms with van der Waals surface area (Å²) in [5.41, 5.74) is 0. The molecule has 1 aromatic heterocycles. The fraction of sp³-hybridized carbons (Fsp3) is 0.667. The lowest BCUT2D eigenvalue weighted by Gasteiger charge is -2.38. The Morgan fingerprint density at radius 2 is 2.14 bits per heavy atom. The van der Waals surface area contributed by atoms with Gasteiger partial charge < -0.3 is 14.7 Å². The summed E-state index contributed by atoms with van der Waals surface area (Å²) in [6.07, 6.45) is 1.56. The largest absolute Gasteiger partial charge is 0.389 e. The van der Waals surface area contributed by atoms with Crippen molar-refractivity contribution in [2.45, 2.75) is 25.0 Å². The number of likely N-dealkylation sites (tertiary alicyclic amines) is 1. The van der Waals surface area contributed by atoms with Crippen LogP contribution in [0.5, 0.6) is 0 Å². The lowest BCUT2D eigenvalue weighted by atomic mass is 10.0. The molecule has 2 aliphatic heterocycles. The molecule has 1 N–H and O–H groups in total. The number of hydrogen-bond acceptors (Lipinski definition) is 5. The summed E-state index contributed by atoms with van der Waals surface area (Å²) < 4.78 is 5.38. The van der Waals surface area contributed by atoms with Gasteiger partial charge in [-0.2, -0.15) is 0 Å². The quantitative estimate of drug-likeness (QED) is 0.887. The zero-order valence-electron chi connectivity index (χ0n) is 12.1. The molecule has 0 aromatic carbocycles. The Morgan fingerprint density at radius 1 is 1.33 bits per heavy atom. The van der Waals surface area contributed by atoms with Crippen LogP contribution in [0.3, 0.4) is 0 Å². The Morgan fingerprint density at radius 3 is 2.86 bits per heavy atom. The number of β-amino-alcohol motifs (C(OH)–C–C–N with tert-alkyl or cyclic N) is 1. The van der Waals surface area contributed by atoms with Gasteiger partial charge in [-0.25, -0.2) is 0 Å². The van der Waals surface area contributed by atoms with E-state index in [1.165, 1.54) is 11.3 Å². The number of thiophene rings is 1. The number of nitrogens with zero attached hydrogens (tertiary/aromatic N) is 2. The Balaban J connectivity index is 1.54. The fourth-order valence-corrected chi connectivity index (χ4v) is 3.83. The molecule has 0 saturated carbocycles. The van der Waals surface area contributed by atoms with Gasteiger partial charge in [0.15, 0.2) is 0 Å². The van der Waals surface area contributed by atoms with E-state index >= 15 is 0 Å². The highest BCUT2D eigenvalue weighted by atomic mass is 32.1. The lowest BCUT2D eigenvalue weighted by molar-refractivity contribution is 0.0466. The van der Waals surface area contributed by atoms with Gasteiger partial charge in [0.2, 0.25) is 0 Å². The number of piperidine rings is 1. The molecule has 0 spiro atoms. The summed E-state index contributed by atoms with van der Waals surface area (Å²) in [7, 11) is 0. The van der Waals surface area contributed by atoms with Crippen LogP contribution in [0.15, 0.2) is 17.5 Å². The summed E-state index contributed by atoms with van der Waals surface area (Å²) in [4.78, 5) is 17.4. The summed E-state index contributed by atoms with van der Waals surface area (Å²) in [5, 5.41) is 11.8. The van der Waals surface area contributed by atoms with Crippen molar-refractivity contribution in [3.05, 3.63) is 22.4 Å². The third kappa shape index (κ3) is 3.63. The molecular formula is C15H22N2O3S. The van der Waals surface area contributed by atoms with Gasteiger partial charge in [0.05, 0.1) is 24.2 Å². The van der Waals surface area contributed by atoms with E-state index in [1.807, 2.05) is 22.4 Å². The molecule has 3 heterocycles. The molecule has 1 amide bonds. The minimum atomic E-state index is -0.390. The normalized spacial score (nSPS) is 25.8. The maximum Gasteiger partial charge on any atom is 0.263 e. The van der Waals surface area contributed by atoms with Gasteiger partial charge in [0.1, 0.15) is 0 Å². The molecule has 5 nitrogen and oxygen atoms in total. The number of amides is 1. The second-order valence-electron chi connectivity index (χ2n) is 5.72. The van der Waals surface area contributed by atoms with Crippen molar-refractivity contribution in [1.82, 2.24) is 9.80 Å². The predicted molar refractivity (Wildman–Crippen MR) is 81.6 cm³/mol. The van der Waals surface area contributed by atoms with Crippen molar-refractivity contribution in [2.75, 3.05) is 39.4 Å². The summed E-state index contributed by atoms with van der Waals surface area (Å²) in [6.45, 7) is 4.28. The Kier molecular flexibility index (Phi) is 4.90. The number of rotatable bonds is 2. The fourth-order valence-electron chi connectivity index (χ4n) is 3.14. The number of hydrogen-bond donors (Lipinski definition) is 1. The van der Waals surface area contributed by atoms with Crippen LogP contribution in [0.4, 0.5) is 0 Å². The van der Waals surface area contributed by atoms with Crippen LogP contribution in [0.1, 0.15) is 22.5 Å². The highest BCUT2D eigenvalue weighted by Gasteiger charge is 2.29. The average molecular weight is 310 g/mol. The molecule has 0 aliphatic carbocycles. The van der Waals surface area contributed by atoms with Gasteiger partial charge in [0.25, 0.3) is 5.91 Å². The van der Waals surface area contributed by atoms with Crippen LogP contribution < -0.4 is 0 Å². The first-order valence-corrected chi connectivity index (χ1v) is 8.44.